The van der Waals surface area contributed by atoms with Gasteiger partial charge in [0.2, 0.25) is 0 Å². The largest absolute Gasteiger partial charge is 0.494 e. The van der Waals surface area contributed by atoms with E-state index in [4.69, 9.17) is 15.4 Å². The summed E-state index contributed by atoms with van der Waals surface area (Å²) >= 11 is 0. The molecule has 150 valence electrons. The average Bonchev–Trinajstić information content (AvgIpc) is 2.61. The Morgan fingerprint density at radius 1 is 0.731 bits per heavy atom. The molecule has 0 spiro atoms. The third-order valence-corrected chi connectivity index (χ3v) is 5.99. The molecule has 3 nitrogen and oxygen atoms in total. The highest BCUT2D eigenvalue weighted by Gasteiger charge is 2.08. The molecule has 0 aliphatic heterocycles. The molecule has 0 fully saturated rings. The number of hydrogen-bond acceptors (Lipinski definition) is 3. The van der Waals surface area contributed by atoms with E-state index in [0.29, 0.717) is 12.4 Å². The molecule has 0 unspecified atom stereocenters. The third-order valence-electron chi connectivity index (χ3n) is 4.62. The number of benzene rings is 1. The van der Waals surface area contributed by atoms with Crippen LogP contribution in [0.1, 0.15) is 90.4 Å². The second kappa shape index (κ2) is 14.3. The lowest BCUT2D eigenvalue weighted by molar-refractivity contribution is 0.304. The summed E-state index contributed by atoms with van der Waals surface area (Å²) in [6.45, 7) is 2.94. The van der Waals surface area contributed by atoms with Crippen molar-refractivity contribution in [3.05, 3.63) is 24.3 Å². The number of ether oxygens (including phenoxy) is 1. The number of halogens is 1. The lowest BCUT2D eigenvalue weighted by atomic mass is 10.0. The molecule has 0 amide bonds. The quantitative estimate of drug-likeness (QED) is 0.219. The Bertz CT molecular complexity index is 555. The summed E-state index contributed by atoms with van der Waals surface area (Å²) in [5.41, 5.74) is 0. The van der Waals surface area contributed by atoms with Crippen molar-refractivity contribution in [2.45, 2.75) is 95.3 Å². The van der Waals surface area contributed by atoms with E-state index in [-0.39, 0.29) is 4.90 Å². The molecule has 0 saturated heterocycles. The molecule has 26 heavy (non-hydrogen) atoms. The van der Waals surface area contributed by atoms with Gasteiger partial charge in [-0.15, -0.1) is 0 Å². The van der Waals surface area contributed by atoms with Gasteiger partial charge in [0.15, 0.2) is 0 Å². The van der Waals surface area contributed by atoms with Gasteiger partial charge in [0.25, 0.3) is 9.05 Å². The first kappa shape index (κ1) is 23.3. The minimum atomic E-state index is -3.65. The highest BCUT2D eigenvalue weighted by atomic mass is 35.7. The Morgan fingerprint density at radius 2 is 1.15 bits per heavy atom. The predicted octanol–water partition coefficient (Wildman–Crippen LogP) is 7.08. The number of rotatable bonds is 16. The molecule has 1 rings (SSSR count). The highest BCUT2D eigenvalue weighted by molar-refractivity contribution is 8.13. The Hall–Kier alpha value is -0.740. The van der Waals surface area contributed by atoms with Crippen LogP contribution in [0.2, 0.25) is 0 Å². The van der Waals surface area contributed by atoms with E-state index in [0.717, 1.165) is 6.42 Å². The first-order valence-electron chi connectivity index (χ1n) is 10.2. The third kappa shape index (κ3) is 11.8. The van der Waals surface area contributed by atoms with Gasteiger partial charge in [-0.25, -0.2) is 8.42 Å². The van der Waals surface area contributed by atoms with Crippen molar-refractivity contribution in [1.82, 2.24) is 0 Å². The minimum Gasteiger partial charge on any atom is -0.494 e. The molecule has 0 radical (unpaired) electrons. The SMILES string of the molecule is CCCCCCCCCCCCCCCOc1ccc(S(=O)(=O)Cl)cc1. The van der Waals surface area contributed by atoms with Gasteiger partial charge < -0.3 is 4.74 Å². The normalized spacial score (nSPS) is 11.6. The summed E-state index contributed by atoms with van der Waals surface area (Å²) in [6, 6.07) is 6.25. The predicted molar refractivity (Wildman–Crippen MR) is 111 cm³/mol. The Morgan fingerprint density at radius 3 is 1.58 bits per heavy atom. The fraction of sp³-hybridized carbons (Fsp3) is 0.714. The summed E-state index contributed by atoms with van der Waals surface area (Å²) < 4.78 is 28.0. The van der Waals surface area contributed by atoms with Crippen LogP contribution in [0.5, 0.6) is 5.75 Å². The topological polar surface area (TPSA) is 43.4 Å². The van der Waals surface area contributed by atoms with Crippen LogP contribution in [0, 0.1) is 0 Å². The maximum Gasteiger partial charge on any atom is 0.261 e. The van der Waals surface area contributed by atoms with Gasteiger partial charge >= 0.3 is 0 Å². The molecule has 1 aromatic rings. The summed E-state index contributed by atoms with van der Waals surface area (Å²) in [6.07, 6.45) is 17.3. The van der Waals surface area contributed by atoms with E-state index in [1.54, 1.807) is 12.1 Å². The summed E-state index contributed by atoms with van der Waals surface area (Å²) in [5, 5.41) is 0. The molecule has 0 bridgehead atoms. The van der Waals surface area contributed by atoms with E-state index >= 15 is 0 Å². The summed E-state index contributed by atoms with van der Waals surface area (Å²) in [5.74, 6) is 0.688. The molecule has 5 heteroatoms. The van der Waals surface area contributed by atoms with Crippen LogP contribution in [-0.4, -0.2) is 15.0 Å². The molecule has 0 aliphatic rings. The minimum absolute atomic E-state index is 0.104. The van der Waals surface area contributed by atoms with Crippen molar-refractivity contribution in [3.8, 4) is 5.75 Å². The Balaban J connectivity index is 1.90. The smallest absolute Gasteiger partial charge is 0.261 e. The molecular formula is C21H35ClO3S. The number of hydrogen-bond donors (Lipinski definition) is 0. The maximum absolute atomic E-state index is 11.2. The van der Waals surface area contributed by atoms with Gasteiger partial charge in [-0.1, -0.05) is 84.0 Å². The lowest BCUT2D eigenvalue weighted by Gasteiger charge is -2.07. The molecule has 0 heterocycles. The first-order valence-corrected chi connectivity index (χ1v) is 12.5. The summed E-state index contributed by atoms with van der Waals surface area (Å²) in [7, 11) is 1.63. The van der Waals surface area contributed by atoms with Crippen molar-refractivity contribution in [2.75, 3.05) is 6.61 Å². The van der Waals surface area contributed by atoms with Crippen molar-refractivity contribution < 1.29 is 13.2 Å². The molecule has 1 aromatic carbocycles. The Kier molecular flexibility index (Phi) is 12.8. The van der Waals surface area contributed by atoms with Crippen LogP contribution in [0.25, 0.3) is 0 Å². The monoisotopic (exact) mass is 402 g/mol. The van der Waals surface area contributed by atoms with Crippen molar-refractivity contribution in [3.63, 3.8) is 0 Å². The van der Waals surface area contributed by atoms with Crippen LogP contribution in [0.15, 0.2) is 29.2 Å². The van der Waals surface area contributed by atoms with Gasteiger partial charge in [0.05, 0.1) is 11.5 Å². The van der Waals surface area contributed by atoms with Gasteiger partial charge in [-0.3, -0.25) is 0 Å². The number of unbranched alkanes of at least 4 members (excludes halogenated alkanes) is 12. The van der Waals surface area contributed by atoms with Gasteiger partial charge in [-0.2, -0.15) is 0 Å². The zero-order valence-electron chi connectivity index (χ0n) is 16.2. The molecule has 0 aliphatic carbocycles. The fourth-order valence-electron chi connectivity index (χ4n) is 3.01. The van der Waals surface area contributed by atoms with E-state index in [1.807, 2.05) is 0 Å². The average molecular weight is 403 g/mol. The van der Waals surface area contributed by atoms with E-state index in [9.17, 15) is 8.42 Å². The highest BCUT2D eigenvalue weighted by Crippen LogP contribution is 2.19. The molecule has 0 aromatic heterocycles. The maximum atomic E-state index is 11.2. The van der Waals surface area contributed by atoms with Crippen LogP contribution < -0.4 is 4.74 Å². The van der Waals surface area contributed by atoms with Crippen LogP contribution >= 0.6 is 10.7 Å². The fourth-order valence-corrected chi connectivity index (χ4v) is 3.78. The molecule has 0 N–H and O–H groups in total. The van der Waals surface area contributed by atoms with Crippen molar-refractivity contribution in [2.24, 2.45) is 0 Å². The zero-order valence-corrected chi connectivity index (χ0v) is 17.8. The van der Waals surface area contributed by atoms with Gasteiger partial charge in [-0.05, 0) is 30.7 Å². The van der Waals surface area contributed by atoms with E-state index in [1.165, 1.54) is 89.2 Å². The second-order valence-electron chi connectivity index (χ2n) is 7.00. The van der Waals surface area contributed by atoms with Gasteiger partial charge in [0, 0.05) is 10.7 Å². The molecular weight excluding hydrogens is 368 g/mol. The standard InChI is InChI=1S/C21H35ClO3S/c1-2-3-4-5-6-7-8-9-10-11-12-13-14-19-25-20-15-17-21(18-16-20)26(22,23)24/h15-18H,2-14,19H2,1H3. The second-order valence-corrected chi connectivity index (χ2v) is 9.57. The molecule has 0 atom stereocenters. The first-order chi connectivity index (χ1) is 12.5. The van der Waals surface area contributed by atoms with Crippen LogP contribution in [0.3, 0.4) is 0 Å². The summed E-state index contributed by atoms with van der Waals surface area (Å²) in [4.78, 5) is 0.104. The van der Waals surface area contributed by atoms with E-state index < -0.39 is 9.05 Å². The van der Waals surface area contributed by atoms with E-state index in [2.05, 4.69) is 6.92 Å². The van der Waals surface area contributed by atoms with Crippen molar-refractivity contribution in [1.29, 1.82) is 0 Å². The van der Waals surface area contributed by atoms with Crippen LogP contribution in [-0.2, 0) is 9.05 Å². The van der Waals surface area contributed by atoms with Crippen molar-refractivity contribution >= 4 is 19.7 Å². The van der Waals surface area contributed by atoms with Crippen LogP contribution in [0.4, 0.5) is 0 Å². The lowest BCUT2D eigenvalue weighted by Crippen LogP contribution is -1.98. The molecule has 0 saturated carbocycles. The Labute approximate surface area is 164 Å². The zero-order chi connectivity index (χ0) is 19.1. The van der Waals surface area contributed by atoms with Gasteiger partial charge in [0.1, 0.15) is 5.75 Å².